The second-order valence-electron chi connectivity index (χ2n) is 3.89. The third kappa shape index (κ3) is 8.64. The van der Waals surface area contributed by atoms with Crippen LogP contribution in [-0.2, 0) is 4.79 Å². The van der Waals surface area contributed by atoms with E-state index in [1.807, 2.05) is 21.1 Å². The third-order valence-corrected chi connectivity index (χ3v) is 2.54. The Bertz CT molecular complexity index is 175. The lowest BCUT2D eigenvalue weighted by Gasteiger charge is -2.16. The minimum absolute atomic E-state index is 0.114. The van der Waals surface area contributed by atoms with Gasteiger partial charge in [0.1, 0.15) is 0 Å². The van der Waals surface area contributed by atoms with Gasteiger partial charge in [-0.25, -0.2) is 0 Å². The molecule has 0 bridgehead atoms. The molecule has 1 amide bonds. The van der Waals surface area contributed by atoms with Crippen molar-refractivity contribution in [1.82, 2.24) is 21.3 Å². The molecule has 16 heavy (non-hydrogen) atoms. The highest BCUT2D eigenvalue weighted by Crippen LogP contribution is 1.94. The largest absolute Gasteiger partial charge is 0.354 e. The van der Waals surface area contributed by atoms with Crippen LogP contribution in [0.1, 0.15) is 19.3 Å². The first kappa shape index (κ1) is 15.3. The first-order valence-electron chi connectivity index (χ1n) is 5.97. The Balaban J connectivity index is 3.56. The number of hydrogen-bond donors (Lipinski definition) is 4. The van der Waals surface area contributed by atoms with Crippen LogP contribution in [-0.4, -0.2) is 52.7 Å². The molecular weight excluding hydrogens is 204 g/mol. The number of likely N-dealkylation sites (N-methyl/N-ethyl adjacent to an activating group) is 1. The summed E-state index contributed by atoms with van der Waals surface area (Å²) in [5, 5.41) is 12.2. The summed E-state index contributed by atoms with van der Waals surface area (Å²) >= 11 is 0. The fraction of sp³-hybridized carbons (Fsp3) is 0.909. The Labute approximate surface area is 98.7 Å². The van der Waals surface area contributed by atoms with Gasteiger partial charge in [0.25, 0.3) is 0 Å². The summed E-state index contributed by atoms with van der Waals surface area (Å²) in [5.41, 5.74) is 0. The zero-order valence-electron chi connectivity index (χ0n) is 10.7. The summed E-state index contributed by atoms with van der Waals surface area (Å²) in [4.78, 5) is 11.4. The van der Waals surface area contributed by atoms with Crippen molar-refractivity contribution in [3.8, 4) is 0 Å². The molecule has 0 aromatic carbocycles. The molecule has 0 radical (unpaired) electrons. The van der Waals surface area contributed by atoms with Crippen molar-refractivity contribution in [1.29, 1.82) is 0 Å². The van der Waals surface area contributed by atoms with Crippen molar-refractivity contribution in [3.63, 3.8) is 0 Å². The second-order valence-corrected chi connectivity index (χ2v) is 3.89. The number of hydrogen-bond acceptors (Lipinski definition) is 4. The van der Waals surface area contributed by atoms with E-state index in [-0.39, 0.29) is 5.91 Å². The zero-order chi connectivity index (χ0) is 12.2. The molecule has 5 nitrogen and oxygen atoms in total. The van der Waals surface area contributed by atoms with E-state index in [0.29, 0.717) is 19.0 Å². The molecular formula is C11H26N4O. The molecule has 0 aliphatic heterocycles. The van der Waals surface area contributed by atoms with Crippen molar-refractivity contribution in [2.24, 2.45) is 0 Å². The van der Waals surface area contributed by atoms with Crippen LogP contribution in [0, 0.1) is 0 Å². The van der Waals surface area contributed by atoms with Crippen molar-refractivity contribution in [2.75, 3.05) is 40.8 Å². The van der Waals surface area contributed by atoms with Crippen LogP contribution in [0.5, 0.6) is 0 Å². The molecule has 0 aromatic rings. The van der Waals surface area contributed by atoms with E-state index < -0.39 is 0 Å². The maximum Gasteiger partial charge on any atom is 0.221 e. The van der Waals surface area contributed by atoms with Gasteiger partial charge in [-0.3, -0.25) is 4.79 Å². The first-order chi connectivity index (χ1) is 7.74. The molecule has 0 aliphatic carbocycles. The van der Waals surface area contributed by atoms with Gasteiger partial charge in [-0.1, -0.05) is 0 Å². The lowest BCUT2D eigenvalue weighted by Crippen LogP contribution is -2.40. The number of nitrogens with one attached hydrogen (secondary N) is 4. The van der Waals surface area contributed by atoms with Gasteiger partial charge in [0.2, 0.25) is 5.91 Å². The third-order valence-electron chi connectivity index (χ3n) is 2.54. The summed E-state index contributed by atoms with van der Waals surface area (Å²) in [7, 11) is 5.74. The number of carbonyl (C=O) groups is 1. The smallest absolute Gasteiger partial charge is 0.221 e. The van der Waals surface area contributed by atoms with E-state index >= 15 is 0 Å². The number of amides is 1. The predicted molar refractivity (Wildman–Crippen MR) is 67.6 cm³/mol. The molecule has 96 valence electrons. The molecule has 0 rings (SSSR count). The lowest BCUT2D eigenvalue weighted by molar-refractivity contribution is -0.121. The highest BCUT2D eigenvalue weighted by molar-refractivity contribution is 5.76. The van der Waals surface area contributed by atoms with Crippen LogP contribution < -0.4 is 21.3 Å². The fourth-order valence-electron chi connectivity index (χ4n) is 1.44. The van der Waals surface area contributed by atoms with E-state index in [1.54, 1.807) is 0 Å². The molecule has 0 heterocycles. The van der Waals surface area contributed by atoms with Gasteiger partial charge in [-0.2, -0.15) is 0 Å². The Kier molecular flexibility index (Phi) is 10.4. The van der Waals surface area contributed by atoms with Crippen LogP contribution in [0.4, 0.5) is 0 Å². The van der Waals surface area contributed by atoms with Gasteiger partial charge in [0, 0.05) is 25.6 Å². The van der Waals surface area contributed by atoms with E-state index in [9.17, 15) is 4.79 Å². The molecule has 5 heteroatoms. The minimum atomic E-state index is 0.114. The van der Waals surface area contributed by atoms with Crippen LogP contribution in [0.15, 0.2) is 0 Å². The fourth-order valence-corrected chi connectivity index (χ4v) is 1.44. The van der Waals surface area contributed by atoms with E-state index in [4.69, 9.17) is 0 Å². The maximum absolute atomic E-state index is 11.4. The number of carbonyl (C=O) groups excluding carboxylic acids is 1. The quantitative estimate of drug-likeness (QED) is 0.375. The van der Waals surface area contributed by atoms with Gasteiger partial charge >= 0.3 is 0 Å². The average molecular weight is 230 g/mol. The average Bonchev–Trinajstić information content (AvgIpc) is 2.31. The standard InChI is InChI=1S/C11H26N4O/c1-12-7-4-5-10(14-3)9-15-11(16)6-8-13-2/h10,12-14H,4-9H2,1-3H3,(H,15,16)/t10-/m0/s1. The van der Waals surface area contributed by atoms with Gasteiger partial charge in [-0.15, -0.1) is 0 Å². The Morgan fingerprint density at radius 2 is 1.81 bits per heavy atom. The highest BCUT2D eigenvalue weighted by atomic mass is 16.1. The molecule has 0 saturated heterocycles. The van der Waals surface area contributed by atoms with Crippen molar-refractivity contribution >= 4 is 5.91 Å². The Morgan fingerprint density at radius 3 is 2.38 bits per heavy atom. The van der Waals surface area contributed by atoms with Gasteiger partial charge in [-0.05, 0) is 40.5 Å². The van der Waals surface area contributed by atoms with Gasteiger partial charge < -0.3 is 21.3 Å². The SMILES string of the molecule is CNCCC[C@@H](CNC(=O)CCNC)NC. The van der Waals surface area contributed by atoms with Crippen molar-refractivity contribution in [2.45, 2.75) is 25.3 Å². The summed E-state index contributed by atoms with van der Waals surface area (Å²) < 4.78 is 0. The summed E-state index contributed by atoms with van der Waals surface area (Å²) in [6.45, 7) is 2.46. The molecule has 0 unspecified atom stereocenters. The number of rotatable bonds is 10. The maximum atomic E-state index is 11.4. The summed E-state index contributed by atoms with van der Waals surface area (Å²) in [5.74, 6) is 0.114. The lowest BCUT2D eigenvalue weighted by atomic mass is 10.1. The molecule has 4 N–H and O–H groups in total. The van der Waals surface area contributed by atoms with E-state index in [2.05, 4.69) is 21.3 Å². The van der Waals surface area contributed by atoms with Crippen molar-refractivity contribution < 1.29 is 4.79 Å². The molecule has 1 atom stereocenters. The molecule has 0 saturated carbocycles. The Hall–Kier alpha value is -0.650. The van der Waals surface area contributed by atoms with Crippen LogP contribution in [0.3, 0.4) is 0 Å². The zero-order valence-corrected chi connectivity index (χ0v) is 10.7. The minimum Gasteiger partial charge on any atom is -0.354 e. The van der Waals surface area contributed by atoms with E-state index in [0.717, 1.165) is 25.9 Å². The van der Waals surface area contributed by atoms with Crippen molar-refractivity contribution in [3.05, 3.63) is 0 Å². The van der Waals surface area contributed by atoms with Crippen LogP contribution in [0.2, 0.25) is 0 Å². The summed E-state index contributed by atoms with van der Waals surface area (Å²) in [6, 6.07) is 0.367. The van der Waals surface area contributed by atoms with E-state index in [1.165, 1.54) is 0 Å². The second kappa shape index (κ2) is 10.9. The summed E-state index contributed by atoms with van der Waals surface area (Å²) in [6.07, 6.45) is 2.74. The molecule has 0 aliphatic rings. The molecule has 0 aromatic heterocycles. The first-order valence-corrected chi connectivity index (χ1v) is 5.97. The van der Waals surface area contributed by atoms with Crippen LogP contribution >= 0.6 is 0 Å². The monoisotopic (exact) mass is 230 g/mol. The highest BCUT2D eigenvalue weighted by Gasteiger charge is 2.07. The van der Waals surface area contributed by atoms with Crippen LogP contribution in [0.25, 0.3) is 0 Å². The molecule has 0 fully saturated rings. The Morgan fingerprint density at radius 1 is 1.12 bits per heavy atom. The predicted octanol–water partition coefficient (Wildman–Crippen LogP) is -0.700. The topological polar surface area (TPSA) is 65.2 Å². The van der Waals surface area contributed by atoms with Gasteiger partial charge in [0.15, 0.2) is 0 Å². The van der Waals surface area contributed by atoms with Gasteiger partial charge in [0.05, 0.1) is 0 Å². The normalized spacial score (nSPS) is 12.4. The molecule has 0 spiro atoms.